The van der Waals surface area contributed by atoms with E-state index in [1.54, 1.807) is 13.8 Å². The minimum Gasteiger partial charge on any atom is -0.480 e. The molecule has 7 heteroatoms. The van der Waals surface area contributed by atoms with Crippen LogP contribution in [-0.4, -0.2) is 29.2 Å². The van der Waals surface area contributed by atoms with Crippen molar-refractivity contribution >= 4 is 11.9 Å². The van der Waals surface area contributed by atoms with E-state index in [0.29, 0.717) is 6.92 Å². The lowest BCUT2D eigenvalue weighted by atomic mass is 10.0. The van der Waals surface area contributed by atoms with Gasteiger partial charge in [-0.25, -0.2) is 4.79 Å². The second kappa shape index (κ2) is 5.88. The predicted octanol–water partition coefficient (Wildman–Crippen LogP) is 1.80. The van der Waals surface area contributed by atoms with Crippen LogP contribution >= 0.6 is 0 Å². The van der Waals surface area contributed by atoms with E-state index in [-0.39, 0.29) is 12.3 Å². The first kappa shape index (κ1) is 15.7. The van der Waals surface area contributed by atoms with Crippen molar-refractivity contribution < 1.29 is 27.9 Å². The lowest BCUT2D eigenvalue weighted by Crippen LogP contribution is -2.46. The highest BCUT2D eigenvalue weighted by Crippen LogP contribution is 2.25. The molecule has 17 heavy (non-hydrogen) atoms. The van der Waals surface area contributed by atoms with Gasteiger partial charge in [-0.05, 0) is 19.3 Å². The lowest BCUT2D eigenvalue weighted by molar-refractivity contribution is -0.180. The SMILES string of the molecule is CC(C)CC(NC(=O)C(C)C(F)(F)F)C(=O)O. The van der Waals surface area contributed by atoms with Gasteiger partial charge in [-0.1, -0.05) is 13.8 Å². The molecule has 0 bridgehead atoms. The molecule has 0 spiro atoms. The predicted molar refractivity (Wildman–Crippen MR) is 54.2 cm³/mol. The summed E-state index contributed by atoms with van der Waals surface area (Å²) in [5.41, 5.74) is 0. The van der Waals surface area contributed by atoms with E-state index < -0.39 is 30.0 Å². The molecule has 0 aliphatic carbocycles. The molecule has 0 radical (unpaired) electrons. The van der Waals surface area contributed by atoms with Crippen molar-refractivity contribution in [2.45, 2.75) is 39.4 Å². The average Bonchev–Trinajstić information content (AvgIpc) is 2.13. The molecule has 0 aliphatic heterocycles. The van der Waals surface area contributed by atoms with Gasteiger partial charge in [-0.2, -0.15) is 13.2 Å². The Morgan fingerprint density at radius 1 is 1.24 bits per heavy atom. The molecular weight excluding hydrogens is 239 g/mol. The molecule has 2 N–H and O–H groups in total. The number of rotatable bonds is 5. The van der Waals surface area contributed by atoms with Crippen LogP contribution in [0.1, 0.15) is 27.2 Å². The minimum atomic E-state index is -4.66. The Labute approximate surface area is 97.2 Å². The van der Waals surface area contributed by atoms with Gasteiger partial charge in [0.1, 0.15) is 12.0 Å². The first-order chi connectivity index (χ1) is 7.55. The number of carboxylic acid groups (broad SMARTS) is 1. The van der Waals surface area contributed by atoms with Gasteiger partial charge in [0, 0.05) is 0 Å². The number of carboxylic acids is 1. The van der Waals surface area contributed by atoms with Crippen LogP contribution in [0.4, 0.5) is 13.2 Å². The zero-order chi connectivity index (χ0) is 13.8. The molecule has 0 aliphatic rings. The van der Waals surface area contributed by atoms with Gasteiger partial charge in [-0.3, -0.25) is 4.79 Å². The summed E-state index contributed by atoms with van der Waals surface area (Å²) >= 11 is 0. The smallest absolute Gasteiger partial charge is 0.400 e. The Morgan fingerprint density at radius 3 is 2.00 bits per heavy atom. The van der Waals surface area contributed by atoms with Crippen molar-refractivity contribution in [3.63, 3.8) is 0 Å². The molecule has 2 unspecified atom stereocenters. The highest BCUT2D eigenvalue weighted by atomic mass is 19.4. The van der Waals surface area contributed by atoms with Crippen molar-refractivity contribution in [1.29, 1.82) is 0 Å². The van der Waals surface area contributed by atoms with Gasteiger partial charge >= 0.3 is 12.1 Å². The van der Waals surface area contributed by atoms with E-state index in [2.05, 4.69) is 0 Å². The summed E-state index contributed by atoms with van der Waals surface area (Å²) in [6.45, 7) is 4.13. The molecule has 0 saturated carbocycles. The molecule has 0 aromatic heterocycles. The van der Waals surface area contributed by atoms with Crippen LogP contribution < -0.4 is 5.32 Å². The van der Waals surface area contributed by atoms with Gasteiger partial charge in [0.05, 0.1) is 0 Å². The number of amides is 1. The zero-order valence-electron chi connectivity index (χ0n) is 9.84. The van der Waals surface area contributed by atoms with Crippen LogP contribution in [0.2, 0.25) is 0 Å². The molecule has 0 saturated heterocycles. The molecule has 100 valence electrons. The van der Waals surface area contributed by atoms with E-state index in [0.717, 1.165) is 0 Å². The summed E-state index contributed by atoms with van der Waals surface area (Å²) in [4.78, 5) is 21.9. The van der Waals surface area contributed by atoms with Crippen LogP contribution in [0.5, 0.6) is 0 Å². The quantitative estimate of drug-likeness (QED) is 0.787. The van der Waals surface area contributed by atoms with Crippen LogP contribution in [0.15, 0.2) is 0 Å². The van der Waals surface area contributed by atoms with Crippen molar-refractivity contribution in [2.75, 3.05) is 0 Å². The molecular formula is C10H16F3NO3. The third kappa shape index (κ3) is 5.55. The maximum absolute atomic E-state index is 12.2. The second-order valence-corrected chi connectivity index (χ2v) is 4.29. The molecule has 0 aromatic carbocycles. The van der Waals surface area contributed by atoms with Gasteiger partial charge in [-0.15, -0.1) is 0 Å². The maximum atomic E-state index is 12.2. The highest BCUT2D eigenvalue weighted by Gasteiger charge is 2.42. The fourth-order valence-electron chi connectivity index (χ4n) is 1.14. The monoisotopic (exact) mass is 255 g/mol. The van der Waals surface area contributed by atoms with Crippen LogP contribution in [-0.2, 0) is 9.59 Å². The number of nitrogens with one attached hydrogen (secondary N) is 1. The largest absolute Gasteiger partial charge is 0.480 e. The number of aliphatic carboxylic acids is 1. The van der Waals surface area contributed by atoms with E-state index in [9.17, 15) is 22.8 Å². The number of hydrogen-bond donors (Lipinski definition) is 2. The van der Waals surface area contributed by atoms with E-state index in [1.165, 1.54) is 0 Å². The summed E-state index contributed by atoms with van der Waals surface area (Å²) in [6, 6.07) is -1.28. The van der Waals surface area contributed by atoms with Crippen molar-refractivity contribution in [2.24, 2.45) is 11.8 Å². The van der Waals surface area contributed by atoms with Crippen LogP contribution in [0, 0.1) is 11.8 Å². The summed E-state index contributed by atoms with van der Waals surface area (Å²) in [5.74, 6) is -4.90. The molecule has 0 aromatic rings. The molecule has 0 rings (SSSR count). The van der Waals surface area contributed by atoms with Gasteiger partial charge < -0.3 is 10.4 Å². The average molecular weight is 255 g/mol. The highest BCUT2D eigenvalue weighted by molar-refractivity contribution is 5.85. The first-order valence-corrected chi connectivity index (χ1v) is 5.15. The van der Waals surface area contributed by atoms with Gasteiger partial charge in [0.15, 0.2) is 0 Å². The number of halogens is 3. The Kier molecular flexibility index (Phi) is 5.44. The standard InChI is InChI=1S/C10H16F3NO3/c1-5(2)4-7(9(16)17)14-8(15)6(3)10(11,12)13/h5-7H,4H2,1-3H3,(H,14,15)(H,16,17). The second-order valence-electron chi connectivity index (χ2n) is 4.29. The number of carbonyl (C=O) groups is 2. The van der Waals surface area contributed by atoms with E-state index in [4.69, 9.17) is 5.11 Å². The normalized spacial score (nSPS) is 15.5. The fourth-order valence-corrected chi connectivity index (χ4v) is 1.14. The zero-order valence-corrected chi connectivity index (χ0v) is 9.84. The molecule has 1 amide bonds. The third-order valence-corrected chi connectivity index (χ3v) is 2.21. The van der Waals surface area contributed by atoms with Crippen molar-refractivity contribution in [3.05, 3.63) is 0 Å². The Bertz CT molecular complexity index is 289. The molecule has 0 fully saturated rings. The third-order valence-electron chi connectivity index (χ3n) is 2.21. The van der Waals surface area contributed by atoms with E-state index in [1.807, 2.05) is 5.32 Å². The Hall–Kier alpha value is -1.27. The Balaban J connectivity index is 4.57. The van der Waals surface area contributed by atoms with Crippen molar-refractivity contribution in [1.82, 2.24) is 5.32 Å². The summed E-state index contributed by atoms with van der Waals surface area (Å²) < 4.78 is 36.6. The van der Waals surface area contributed by atoms with Crippen LogP contribution in [0.25, 0.3) is 0 Å². The van der Waals surface area contributed by atoms with Gasteiger partial charge in [0.2, 0.25) is 5.91 Å². The first-order valence-electron chi connectivity index (χ1n) is 5.15. The van der Waals surface area contributed by atoms with Crippen LogP contribution in [0.3, 0.4) is 0 Å². The summed E-state index contributed by atoms with van der Waals surface area (Å²) in [6.07, 6.45) is -4.57. The van der Waals surface area contributed by atoms with E-state index >= 15 is 0 Å². The number of carbonyl (C=O) groups excluding carboxylic acids is 1. The Morgan fingerprint density at radius 2 is 1.71 bits per heavy atom. The maximum Gasteiger partial charge on any atom is 0.400 e. The number of hydrogen-bond acceptors (Lipinski definition) is 2. The fraction of sp³-hybridized carbons (Fsp3) is 0.800. The van der Waals surface area contributed by atoms with Crippen molar-refractivity contribution in [3.8, 4) is 0 Å². The molecule has 0 heterocycles. The summed E-state index contributed by atoms with van der Waals surface area (Å²) in [5, 5.41) is 10.7. The topological polar surface area (TPSA) is 66.4 Å². The van der Waals surface area contributed by atoms with Gasteiger partial charge in [0.25, 0.3) is 0 Å². The molecule has 2 atom stereocenters. The number of alkyl halides is 3. The summed E-state index contributed by atoms with van der Waals surface area (Å²) in [7, 11) is 0. The molecule has 4 nitrogen and oxygen atoms in total. The minimum absolute atomic E-state index is 0.0439. The lowest BCUT2D eigenvalue weighted by Gasteiger charge is -2.20.